The predicted molar refractivity (Wildman–Crippen MR) is 154 cm³/mol. The van der Waals surface area contributed by atoms with Gasteiger partial charge < -0.3 is 31.1 Å². The van der Waals surface area contributed by atoms with Crippen molar-refractivity contribution in [2.24, 2.45) is 17.6 Å². The molecule has 3 aliphatic carbocycles. The van der Waals surface area contributed by atoms with Crippen molar-refractivity contribution in [2.45, 2.75) is 31.4 Å². The number of hydrogen-bond acceptors (Lipinski definition) is 11. The van der Waals surface area contributed by atoms with Crippen molar-refractivity contribution in [3.63, 3.8) is 0 Å². The van der Waals surface area contributed by atoms with E-state index in [9.17, 15) is 34.8 Å². The van der Waals surface area contributed by atoms with Crippen LogP contribution in [0.25, 0.3) is 16.9 Å². The Labute approximate surface area is 247 Å². The van der Waals surface area contributed by atoms with Gasteiger partial charge in [0.05, 0.1) is 11.6 Å². The fourth-order valence-corrected chi connectivity index (χ4v) is 6.64. The number of likely N-dealkylation sites (N-methyl/N-ethyl adjacent to an activating group) is 1. The Balaban J connectivity index is 0.00000135. The summed E-state index contributed by atoms with van der Waals surface area (Å²) in [7, 11) is 6.82. The zero-order chi connectivity index (χ0) is 32.1. The number of aryl methyl sites for hydroxylation is 1. The minimum Gasteiger partial charge on any atom is -0.508 e. The molecular formula is C31H33N3O9. The summed E-state index contributed by atoms with van der Waals surface area (Å²) in [4.78, 5) is 59.1. The Hall–Kier alpha value is -4.77. The Morgan fingerprint density at radius 2 is 1.63 bits per heavy atom. The number of phenolic OH excluding ortho intramolecular Hbond substituents is 1. The summed E-state index contributed by atoms with van der Waals surface area (Å²) in [6, 6.07) is 8.20. The van der Waals surface area contributed by atoms with Crippen molar-refractivity contribution in [1.82, 2.24) is 4.90 Å². The van der Waals surface area contributed by atoms with Gasteiger partial charge in [0.15, 0.2) is 11.4 Å². The molecule has 0 spiro atoms. The van der Waals surface area contributed by atoms with Crippen molar-refractivity contribution in [1.29, 1.82) is 0 Å². The van der Waals surface area contributed by atoms with Crippen LogP contribution in [0.2, 0.25) is 0 Å². The summed E-state index contributed by atoms with van der Waals surface area (Å²) in [6.07, 6.45) is 0.517. The maximum atomic E-state index is 14.1. The second-order valence-electron chi connectivity index (χ2n) is 11.5. The highest BCUT2D eigenvalue weighted by atomic mass is 16.3. The number of carbonyl (C=O) groups excluding carboxylic acids is 5. The van der Waals surface area contributed by atoms with Crippen molar-refractivity contribution in [3.8, 4) is 16.9 Å². The molecule has 0 saturated heterocycles. The second-order valence-corrected chi connectivity index (χ2v) is 11.5. The van der Waals surface area contributed by atoms with Gasteiger partial charge in [-0.2, -0.15) is 9.59 Å². The third kappa shape index (κ3) is 4.69. The molecule has 1 fully saturated rings. The number of aliphatic hydroxyl groups excluding tert-OH is 2. The lowest BCUT2D eigenvalue weighted by molar-refractivity contribution is -0.191. The smallest absolute Gasteiger partial charge is 0.373 e. The first-order valence-electron chi connectivity index (χ1n) is 13.4. The normalized spacial score (nSPS) is 24.4. The van der Waals surface area contributed by atoms with E-state index < -0.39 is 58.0 Å². The number of primary amides is 1. The van der Waals surface area contributed by atoms with E-state index in [0.717, 1.165) is 11.3 Å². The van der Waals surface area contributed by atoms with E-state index >= 15 is 0 Å². The number of rotatable bonds is 4. The Bertz CT molecular complexity index is 1630. The maximum Gasteiger partial charge on any atom is 0.373 e. The fraction of sp³-hybridized carbons (Fsp3) is 0.355. The van der Waals surface area contributed by atoms with E-state index in [0.29, 0.717) is 16.7 Å². The molecule has 0 unspecified atom stereocenters. The Kier molecular flexibility index (Phi) is 8.08. The van der Waals surface area contributed by atoms with Crippen LogP contribution in [0.3, 0.4) is 0 Å². The van der Waals surface area contributed by atoms with Crippen LogP contribution in [-0.4, -0.2) is 88.8 Å². The van der Waals surface area contributed by atoms with Gasteiger partial charge in [0, 0.05) is 36.8 Å². The number of hydrogen-bond donors (Lipinski definition) is 5. The molecule has 0 heterocycles. The maximum absolute atomic E-state index is 14.1. The van der Waals surface area contributed by atoms with E-state index in [4.69, 9.17) is 15.3 Å². The van der Waals surface area contributed by atoms with Crippen LogP contribution >= 0.6 is 0 Å². The van der Waals surface area contributed by atoms with Gasteiger partial charge in [0.1, 0.15) is 22.8 Å². The highest BCUT2D eigenvalue weighted by Gasteiger charge is 2.64. The molecule has 3 aliphatic rings. The molecule has 43 heavy (non-hydrogen) atoms. The number of phenols is 1. The number of aliphatic hydroxyl groups is 3. The lowest BCUT2D eigenvalue weighted by Gasteiger charge is -2.50. The molecule has 1 saturated carbocycles. The highest BCUT2D eigenvalue weighted by Crippen LogP contribution is 2.54. The van der Waals surface area contributed by atoms with Crippen LogP contribution in [-0.2, 0) is 30.4 Å². The van der Waals surface area contributed by atoms with Gasteiger partial charge in [-0.15, -0.1) is 0 Å². The zero-order valence-corrected chi connectivity index (χ0v) is 24.3. The average molecular weight is 592 g/mol. The Morgan fingerprint density at radius 1 is 1.05 bits per heavy atom. The van der Waals surface area contributed by atoms with Crippen LogP contribution in [0.1, 0.15) is 23.1 Å². The number of ketones is 2. The molecule has 6 N–H and O–H groups in total. The number of Topliss-reactive ketones (excluding diaryl/α,β-unsaturated/α-hetero) is 2. The van der Waals surface area contributed by atoms with Crippen LogP contribution in [0, 0.1) is 18.8 Å². The van der Waals surface area contributed by atoms with Crippen LogP contribution < -0.4 is 10.6 Å². The number of fused-ring (bicyclic) bond motifs is 3. The molecule has 2 aromatic rings. The van der Waals surface area contributed by atoms with Gasteiger partial charge in [-0.1, -0.05) is 29.8 Å². The summed E-state index contributed by atoms with van der Waals surface area (Å²) < 4.78 is 0. The molecule has 226 valence electrons. The first-order valence-corrected chi connectivity index (χ1v) is 13.4. The van der Waals surface area contributed by atoms with Crippen LogP contribution in [0.4, 0.5) is 5.69 Å². The van der Waals surface area contributed by atoms with Crippen molar-refractivity contribution in [2.75, 3.05) is 33.1 Å². The number of carbonyl (C=O) groups is 3. The molecule has 0 aromatic heterocycles. The number of amides is 1. The monoisotopic (exact) mass is 591 g/mol. The SMILES string of the molecule is Cc1ccc(-c2cc(N(C)C)c3c(c2O)C(O)=C2C(=O)[C@]4(O)C(O)=C(C(N)=O)C(=O)[C@@H](N(C)C)[C@@H]4C[C@@H]2C3)cc1.O=C=O. The number of nitrogens with zero attached hydrogens (tertiary/aromatic N) is 2. The van der Waals surface area contributed by atoms with E-state index in [1.54, 1.807) is 14.1 Å². The lowest BCUT2D eigenvalue weighted by atomic mass is 9.57. The number of benzene rings is 2. The predicted octanol–water partition coefficient (Wildman–Crippen LogP) is 1.42. The number of aromatic hydroxyl groups is 1. The van der Waals surface area contributed by atoms with Crippen LogP contribution in [0.15, 0.2) is 47.2 Å². The van der Waals surface area contributed by atoms with Gasteiger partial charge in [-0.05, 0) is 57.0 Å². The highest BCUT2D eigenvalue weighted by molar-refractivity contribution is 6.24. The van der Waals surface area contributed by atoms with E-state index in [2.05, 4.69) is 0 Å². The average Bonchev–Trinajstić information content (AvgIpc) is 2.91. The van der Waals surface area contributed by atoms with Gasteiger partial charge in [-0.3, -0.25) is 19.3 Å². The minimum atomic E-state index is -2.67. The Morgan fingerprint density at radius 3 is 2.14 bits per heavy atom. The van der Waals surface area contributed by atoms with Gasteiger partial charge in [-0.25, -0.2) is 0 Å². The van der Waals surface area contributed by atoms with Crippen molar-refractivity contribution in [3.05, 3.63) is 63.9 Å². The molecule has 2 aromatic carbocycles. The molecule has 12 nitrogen and oxygen atoms in total. The first kappa shape index (κ1) is 31.2. The molecule has 0 bridgehead atoms. The third-order valence-corrected chi connectivity index (χ3v) is 8.54. The van der Waals surface area contributed by atoms with Crippen molar-refractivity contribution < 1.29 is 44.4 Å². The molecule has 0 aliphatic heterocycles. The van der Waals surface area contributed by atoms with Crippen molar-refractivity contribution >= 4 is 35.1 Å². The molecule has 0 radical (unpaired) electrons. The number of anilines is 1. The summed E-state index contributed by atoms with van der Waals surface area (Å²) in [5.41, 5.74) is 5.30. The topological polar surface area (TPSA) is 199 Å². The van der Waals surface area contributed by atoms with Gasteiger partial charge in [0.2, 0.25) is 5.78 Å². The summed E-state index contributed by atoms with van der Waals surface area (Å²) >= 11 is 0. The summed E-state index contributed by atoms with van der Waals surface area (Å²) in [6.45, 7) is 1.94. The molecule has 5 rings (SSSR count). The third-order valence-electron chi connectivity index (χ3n) is 8.54. The lowest BCUT2D eigenvalue weighted by Crippen LogP contribution is -2.65. The zero-order valence-electron chi connectivity index (χ0n) is 24.3. The molecule has 4 atom stereocenters. The minimum absolute atomic E-state index is 0.0408. The van der Waals surface area contributed by atoms with E-state index in [1.807, 2.05) is 56.3 Å². The summed E-state index contributed by atoms with van der Waals surface area (Å²) in [5, 5.41) is 45.9. The van der Waals surface area contributed by atoms with E-state index in [-0.39, 0.29) is 35.9 Å². The quantitative estimate of drug-likeness (QED) is 0.322. The van der Waals surface area contributed by atoms with E-state index in [1.165, 1.54) is 4.90 Å². The van der Waals surface area contributed by atoms with Crippen LogP contribution in [0.5, 0.6) is 5.75 Å². The summed E-state index contributed by atoms with van der Waals surface area (Å²) in [5.74, 6) is -6.65. The standard InChI is InChI=1S/C30H33N3O7.CO2/c1-13-6-8-14(9-7-13)16-12-19(32(2)3)17-10-15-11-18-23(33(4)5)26(36)22(29(31)39)28(38)30(18,40)27(37)20(15)25(35)21(17)24(16)34;2-1-3/h6-9,12,15,18,23,34-35,38,40H,10-11H2,1-5H3,(H2,31,39);/t15-,18-,23-,30-;/m0./s1. The number of nitrogens with two attached hydrogens (primary N) is 1. The molecule has 1 amide bonds. The first-order chi connectivity index (χ1) is 20.1. The largest absolute Gasteiger partial charge is 0.508 e. The fourth-order valence-electron chi connectivity index (χ4n) is 6.64. The molecular weight excluding hydrogens is 558 g/mol. The molecule has 12 heteroatoms. The second kappa shape index (κ2) is 11.1. The van der Waals surface area contributed by atoms with Gasteiger partial charge in [0.25, 0.3) is 5.91 Å². The van der Waals surface area contributed by atoms with Gasteiger partial charge >= 0.3 is 6.15 Å².